The largest absolute Gasteiger partial charge is 0.478 e. The van der Waals surface area contributed by atoms with Crippen molar-refractivity contribution in [1.29, 1.82) is 0 Å². The first-order valence-electron chi connectivity index (χ1n) is 11.1. The number of rotatable bonds is 15. The third-order valence-electron chi connectivity index (χ3n) is 5.24. The fourth-order valence-corrected chi connectivity index (χ4v) is 3.62. The highest BCUT2D eigenvalue weighted by atomic mass is 16.5. The highest BCUT2D eigenvalue weighted by molar-refractivity contribution is 5.89. The number of carboxylic acids is 1. The van der Waals surface area contributed by atoms with Gasteiger partial charge in [0.1, 0.15) is 0 Å². The molecule has 0 spiro atoms. The maximum atomic E-state index is 12.0. The van der Waals surface area contributed by atoms with Gasteiger partial charge in [-0.3, -0.25) is 4.79 Å². The number of hydrogen-bond donors (Lipinski definition) is 1. The average molecular weight is 403 g/mol. The molecule has 1 N–H and O–H groups in total. The summed E-state index contributed by atoms with van der Waals surface area (Å²) in [6.07, 6.45) is 12.3. The van der Waals surface area contributed by atoms with Gasteiger partial charge in [-0.25, -0.2) is 4.79 Å². The van der Waals surface area contributed by atoms with Gasteiger partial charge in [0.2, 0.25) is 0 Å². The van der Waals surface area contributed by atoms with Crippen LogP contribution in [0.3, 0.4) is 0 Å². The van der Waals surface area contributed by atoms with Crippen LogP contribution in [0.4, 0.5) is 0 Å². The van der Waals surface area contributed by atoms with Crippen molar-refractivity contribution in [2.24, 2.45) is 0 Å². The van der Waals surface area contributed by atoms with Crippen LogP contribution in [0.25, 0.3) is 0 Å². The Bertz CT molecular complexity index is 633. The number of hydrogen-bond acceptors (Lipinski definition) is 3. The summed E-state index contributed by atoms with van der Waals surface area (Å²) in [4.78, 5) is 23.6. The standard InChI is InChI=1S/C25H38O4/c1-4-5-6-7-8-9-10-11-12-14-17-20(2)23(25(27)28)24(29-21(3)26)22-18-15-13-16-19-22/h13,15-16,18-19,24H,4-12,14,17H2,1-3H3,(H,27,28). The lowest BCUT2D eigenvalue weighted by molar-refractivity contribution is -0.146. The van der Waals surface area contributed by atoms with Gasteiger partial charge in [0.15, 0.2) is 6.10 Å². The van der Waals surface area contributed by atoms with Crippen LogP contribution in [0.2, 0.25) is 0 Å². The molecule has 0 saturated carbocycles. The van der Waals surface area contributed by atoms with E-state index >= 15 is 0 Å². The SMILES string of the molecule is CCCCCCCCCCCCC(C)=C(C(=O)O)C(OC(C)=O)c1ccccc1. The summed E-state index contributed by atoms with van der Waals surface area (Å²) in [5, 5.41) is 9.80. The minimum atomic E-state index is -1.02. The molecule has 1 aromatic rings. The van der Waals surface area contributed by atoms with Gasteiger partial charge in [-0.15, -0.1) is 0 Å². The van der Waals surface area contributed by atoms with Crippen molar-refractivity contribution in [2.75, 3.05) is 0 Å². The van der Waals surface area contributed by atoms with Crippen LogP contribution in [-0.4, -0.2) is 17.0 Å². The number of ether oxygens (including phenoxy) is 1. The van der Waals surface area contributed by atoms with Crippen LogP contribution in [-0.2, 0) is 14.3 Å². The predicted molar refractivity (Wildman–Crippen MR) is 118 cm³/mol. The molecule has 0 radical (unpaired) electrons. The van der Waals surface area contributed by atoms with Gasteiger partial charge >= 0.3 is 11.9 Å². The molecule has 4 nitrogen and oxygen atoms in total. The van der Waals surface area contributed by atoms with Crippen LogP contribution in [0.1, 0.15) is 103 Å². The summed E-state index contributed by atoms with van der Waals surface area (Å²) >= 11 is 0. The van der Waals surface area contributed by atoms with E-state index < -0.39 is 18.0 Å². The fourth-order valence-electron chi connectivity index (χ4n) is 3.62. The van der Waals surface area contributed by atoms with Crippen LogP contribution >= 0.6 is 0 Å². The second kappa shape index (κ2) is 14.8. The van der Waals surface area contributed by atoms with E-state index in [1.807, 2.05) is 25.1 Å². The molecule has 0 heterocycles. The molecule has 0 aliphatic carbocycles. The Labute approximate surface area is 176 Å². The summed E-state index contributed by atoms with van der Waals surface area (Å²) in [7, 11) is 0. The van der Waals surface area contributed by atoms with E-state index in [4.69, 9.17) is 4.74 Å². The normalized spacial score (nSPS) is 12.9. The highest BCUT2D eigenvalue weighted by Gasteiger charge is 2.27. The summed E-state index contributed by atoms with van der Waals surface area (Å²) < 4.78 is 5.40. The lowest BCUT2D eigenvalue weighted by atomic mass is 9.94. The van der Waals surface area contributed by atoms with E-state index in [9.17, 15) is 14.7 Å². The number of benzene rings is 1. The molecule has 29 heavy (non-hydrogen) atoms. The van der Waals surface area contributed by atoms with E-state index in [-0.39, 0.29) is 5.57 Å². The third kappa shape index (κ3) is 10.3. The lowest BCUT2D eigenvalue weighted by Crippen LogP contribution is -2.18. The molecule has 4 heteroatoms. The number of carbonyl (C=O) groups is 2. The zero-order valence-corrected chi connectivity index (χ0v) is 18.4. The Morgan fingerprint density at radius 3 is 1.86 bits per heavy atom. The van der Waals surface area contributed by atoms with E-state index in [0.717, 1.165) is 18.4 Å². The highest BCUT2D eigenvalue weighted by Crippen LogP contribution is 2.30. The Balaban J connectivity index is 2.58. The Morgan fingerprint density at radius 1 is 0.862 bits per heavy atom. The van der Waals surface area contributed by atoms with Crippen LogP contribution < -0.4 is 0 Å². The minimum Gasteiger partial charge on any atom is -0.478 e. The van der Waals surface area contributed by atoms with Gasteiger partial charge in [-0.1, -0.05) is 101 Å². The Kier molecular flexibility index (Phi) is 12.8. The number of carboxylic acid groups (broad SMARTS) is 1. The quantitative estimate of drug-likeness (QED) is 0.195. The number of carbonyl (C=O) groups excluding carboxylic acids is 1. The smallest absolute Gasteiger partial charge is 0.335 e. The van der Waals surface area contributed by atoms with Gasteiger partial charge in [-0.05, 0) is 25.3 Å². The van der Waals surface area contributed by atoms with E-state index in [1.165, 1.54) is 58.3 Å². The number of aliphatic carboxylic acids is 1. The van der Waals surface area contributed by atoms with E-state index in [1.54, 1.807) is 12.1 Å². The molecule has 1 aromatic carbocycles. The third-order valence-corrected chi connectivity index (χ3v) is 5.24. The van der Waals surface area contributed by atoms with Crippen molar-refractivity contribution in [1.82, 2.24) is 0 Å². The number of allylic oxidation sites excluding steroid dienone is 1. The van der Waals surface area contributed by atoms with Crippen molar-refractivity contribution in [3.05, 3.63) is 47.0 Å². The first-order chi connectivity index (χ1) is 14.0. The molecule has 1 rings (SSSR count). The molecule has 0 amide bonds. The molecule has 0 fully saturated rings. The van der Waals surface area contributed by atoms with Crippen molar-refractivity contribution in [3.8, 4) is 0 Å². The number of unbranched alkanes of at least 4 members (excludes halogenated alkanes) is 9. The van der Waals surface area contributed by atoms with Crippen LogP contribution in [0.5, 0.6) is 0 Å². The Hall–Kier alpha value is -2.10. The molecule has 0 bridgehead atoms. The molecule has 0 aliphatic rings. The first kappa shape index (κ1) is 24.9. The van der Waals surface area contributed by atoms with Crippen LogP contribution in [0.15, 0.2) is 41.5 Å². The number of esters is 1. The molecule has 162 valence electrons. The minimum absolute atomic E-state index is 0.183. The topological polar surface area (TPSA) is 63.6 Å². The molecule has 0 aromatic heterocycles. The second-order valence-electron chi connectivity index (χ2n) is 7.83. The summed E-state index contributed by atoms with van der Waals surface area (Å²) in [6, 6.07) is 9.09. The molecule has 1 unspecified atom stereocenters. The maximum Gasteiger partial charge on any atom is 0.335 e. The van der Waals surface area contributed by atoms with Gasteiger partial charge in [0.05, 0.1) is 5.57 Å². The van der Waals surface area contributed by atoms with Gasteiger partial charge in [-0.2, -0.15) is 0 Å². The molecular formula is C25H38O4. The van der Waals surface area contributed by atoms with Gasteiger partial charge in [0, 0.05) is 6.92 Å². The first-order valence-corrected chi connectivity index (χ1v) is 11.1. The monoisotopic (exact) mass is 402 g/mol. The van der Waals surface area contributed by atoms with E-state index in [2.05, 4.69) is 6.92 Å². The molecule has 0 saturated heterocycles. The second-order valence-corrected chi connectivity index (χ2v) is 7.83. The average Bonchev–Trinajstić information content (AvgIpc) is 2.69. The van der Waals surface area contributed by atoms with Gasteiger partial charge in [0.25, 0.3) is 0 Å². The van der Waals surface area contributed by atoms with Gasteiger partial charge < -0.3 is 9.84 Å². The van der Waals surface area contributed by atoms with Crippen molar-refractivity contribution in [3.63, 3.8) is 0 Å². The summed E-state index contributed by atoms with van der Waals surface area (Å²) in [6.45, 7) is 5.39. The summed E-state index contributed by atoms with van der Waals surface area (Å²) in [5.74, 6) is -1.51. The predicted octanol–water partition coefficient (Wildman–Crippen LogP) is 7.00. The van der Waals surface area contributed by atoms with Crippen LogP contribution in [0, 0.1) is 0 Å². The zero-order chi connectivity index (χ0) is 21.5. The van der Waals surface area contributed by atoms with Crippen molar-refractivity contribution >= 4 is 11.9 Å². The van der Waals surface area contributed by atoms with Crippen molar-refractivity contribution in [2.45, 2.75) is 97.5 Å². The lowest BCUT2D eigenvalue weighted by Gasteiger charge is -2.20. The Morgan fingerprint density at radius 2 is 1.38 bits per heavy atom. The van der Waals surface area contributed by atoms with Crippen molar-refractivity contribution < 1.29 is 19.4 Å². The summed E-state index contributed by atoms with van der Waals surface area (Å²) in [5.41, 5.74) is 1.65. The molecular weight excluding hydrogens is 364 g/mol. The molecule has 1 atom stereocenters. The van der Waals surface area contributed by atoms with E-state index in [0.29, 0.717) is 12.0 Å². The fraction of sp³-hybridized carbons (Fsp3) is 0.600. The molecule has 0 aliphatic heterocycles. The maximum absolute atomic E-state index is 12.0. The zero-order valence-electron chi connectivity index (χ0n) is 18.4.